The predicted octanol–water partition coefficient (Wildman–Crippen LogP) is 2.18. The fourth-order valence-corrected chi connectivity index (χ4v) is 5.12. The van der Waals surface area contributed by atoms with Gasteiger partial charge < -0.3 is 9.64 Å². The Morgan fingerprint density at radius 3 is 2.82 bits per heavy atom. The molecule has 0 aliphatic carbocycles. The van der Waals surface area contributed by atoms with Crippen LogP contribution in [0.2, 0.25) is 0 Å². The summed E-state index contributed by atoms with van der Waals surface area (Å²) in [5.74, 6) is -1.00. The standard InChI is InChI=1S/C19H22N2O5S2/c1-13(2)20-28(24,25)16-5-3-4-14(10-16)19(23)26-12-18(22)21-8-6-17-15(11-21)7-9-27-17/h3-5,7,9-10,13,20H,6,8,11-12H2,1-2H3. The fourth-order valence-electron chi connectivity index (χ4n) is 2.93. The number of fused-ring (bicyclic) bond motifs is 1. The lowest BCUT2D eigenvalue weighted by molar-refractivity contribution is -0.135. The van der Waals surface area contributed by atoms with E-state index in [2.05, 4.69) is 4.72 Å². The highest BCUT2D eigenvalue weighted by Crippen LogP contribution is 2.24. The monoisotopic (exact) mass is 422 g/mol. The number of sulfonamides is 1. The molecule has 1 aromatic carbocycles. The molecule has 0 saturated carbocycles. The molecular formula is C19H22N2O5S2. The summed E-state index contributed by atoms with van der Waals surface area (Å²) in [5.41, 5.74) is 1.21. The van der Waals surface area contributed by atoms with Crippen molar-refractivity contribution >= 4 is 33.2 Å². The molecule has 1 N–H and O–H groups in total. The van der Waals surface area contributed by atoms with Crippen molar-refractivity contribution in [3.05, 3.63) is 51.7 Å². The van der Waals surface area contributed by atoms with Crippen molar-refractivity contribution in [1.29, 1.82) is 0 Å². The number of amides is 1. The summed E-state index contributed by atoms with van der Waals surface area (Å²) in [7, 11) is -3.72. The zero-order chi connectivity index (χ0) is 20.3. The number of carbonyl (C=O) groups excluding carboxylic acids is 2. The van der Waals surface area contributed by atoms with Gasteiger partial charge in [0, 0.05) is 24.0 Å². The fraction of sp³-hybridized carbons (Fsp3) is 0.368. The van der Waals surface area contributed by atoms with E-state index < -0.39 is 16.0 Å². The molecular weight excluding hydrogens is 400 g/mol. The normalized spacial score (nSPS) is 14.0. The summed E-state index contributed by atoms with van der Waals surface area (Å²) in [6, 6.07) is 7.30. The van der Waals surface area contributed by atoms with Crippen LogP contribution in [0.3, 0.4) is 0 Å². The molecule has 3 rings (SSSR count). The number of thiophene rings is 1. The second kappa shape index (κ2) is 8.42. The van der Waals surface area contributed by atoms with E-state index in [0.717, 1.165) is 12.0 Å². The zero-order valence-electron chi connectivity index (χ0n) is 15.7. The summed E-state index contributed by atoms with van der Waals surface area (Å²) in [5, 5.41) is 2.01. The first-order valence-corrected chi connectivity index (χ1v) is 11.2. The molecule has 1 aromatic heterocycles. The molecule has 28 heavy (non-hydrogen) atoms. The molecule has 0 spiro atoms. The predicted molar refractivity (Wildman–Crippen MR) is 106 cm³/mol. The number of ether oxygens (including phenoxy) is 1. The van der Waals surface area contributed by atoms with Crippen LogP contribution in [0.1, 0.15) is 34.6 Å². The first kappa shape index (κ1) is 20.5. The summed E-state index contributed by atoms with van der Waals surface area (Å²) in [6.45, 7) is 4.16. The highest BCUT2D eigenvalue weighted by atomic mass is 32.2. The molecule has 2 heterocycles. The SMILES string of the molecule is CC(C)NS(=O)(=O)c1cccc(C(=O)OCC(=O)N2CCc3sccc3C2)c1. The van der Waals surface area contributed by atoms with Crippen molar-refractivity contribution < 1.29 is 22.7 Å². The third kappa shape index (κ3) is 4.78. The summed E-state index contributed by atoms with van der Waals surface area (Å²) in [4.78, 5) is 27.6. The second-order valence-electron chi connectivity index (χ2n) is 6.81. The van der Waals surface area contributed by atoms with E-state index in [9.17, 15) is 18.0 Å². The van der Waals surface area contributed by atoms with E-state index >= 15 is 0 Å². The maximum atomic E-state index is 12.4. The first-order valence-electron chi connectivity index (χ1n) is 8.89. The van der Waals surface area contributed by atoms with Gasteiger partial charge in [-0.05, 0) is 55.5 Å². The minimum absolute atomic E-state index is 0.0250. The van der Waals surface area contributed by atoms with Crippen molar-refractivity contribution in [1.82, 2.24) is 9.62 Å². The van der Waals surface area contributed by atoms with Gasteiger partial charge in [-0.1, -0.05) is 6.07 Å². The van der Waals surface area contributed by atoms with Crippen LogP contribution in [0, 0.1) is 0 Å². The Morgan fingerprint density at radius 1 is 1.29 bits per heavy atom. The molecule has 0 atom stereocenters. The number of hydrogen-bond acceptors (Lipinski definition) is 6. The topological polar surface area (TPSA) is 92.8 Å². The molecule has 2 aromatic rings. The summed E-state index contributed by atoms with van der Waals surface area (Å²) in [6.07, 6.45) is 0.801. The van der Waals surface area contributed by atoms with Gasteiger partial charge in [0.1, 0.15) is 0 Å². The third-order valence-corrected chi connectivity index (χ3v) is 6.94. The van der Waals surface area contributed by atoms with Crippen LogP contribution in [0.4, 0.5) is 0 Å². The minimum Gasteiger partial charge on any atom is -0.452 e. The average Bonchev–Trinajstić information content (AvgIpc) is 3.12. The van der Waals surface area contributed by atoms with E-state index in [1.54, 1.807) is 30.1 Å². The molecule has 0 unspecified atom stereocenters. The van der Waals surface area contributed by atoms with Gasteiger partial charge in [-0.15, -0.1) is 11.3 Å². The van der Waals surface area contributed by atoms with Gasteiger partial charge in [-0.2, -0.15) is 0 Å². The molecule has 0 saturated heterocycles. The molecule has 1 aliphatic rings. The Morgan fingerprint density at radius 2 is 2.07 bits per heavy atom. The van der Waals surface area contributed by atoms with Crippen LogP contribution in [-0.4, -0.2) is 44.4 Å². The lowest BCUT2D eigenvalue weighted by Crippen LogP contribution is -2.38. The lowest BCUT2D eigenvalue weighted by atomic mass is 10.1. The number of rotatable bonds is 6. The lowest BCUT2D eigenvalue weighted by Gasteiger charge is -2.26. The van der Waals surface area contributed by atoms with Gasteiger partial charge in [-0.25, -0.2) is 17.9 Å². The number of hydrogen-bond donors (Lipinski definition) is 1. The van der Waals surface area contributed by atoms with E-state index in [4.69, 9.17) is 4.74 Å². The van der Waals surface area contributed by atoms with Gasteiger partial charge in [0.2, 0.25) is 10.0 Å². The van der Waals surface area contributed by atoms with Crippen LogP contribution < -0.4 is 4.72 Å². The highest BCUT2D eigenvalue weighted by Gasteiger charge is 2.23. The van der Waals surface area contributed by atoms with Gasteiger partial charge in [0.25, 0.3) is 5.91 Å². The van der Waals surface area contributed by atoms with E-state index in [0.29, 0.717) is 13.1 Å². The van der Waals surface area contributed by atoms with Gasteiger partial charge >= 0.3 is 5.97 Å². The van der Waals surface area contributed by atoms with Crippen molar-refractivity contribution in [3.63, 3.8) is 0 Å². The second-order valence-corrected chi connectivity index (χ2v) is 9.53. The van der Waals surface area contributed by atoms with E-state index in [1.807, 2.05) is 11.4 Å². The van der Waals surface area contributed by atoms with Crippen LogP contribution in [0.5, 0.6) is 0 Å². The van der Waals surface area contributed by atoms with Gasteiger partial charge in [0.15, 0.2) is 6.61 Å². The molecule has 150 valence electrons. The van der Waals surface area contributed by atoms with Gasteiger partial charge in [-0.3, -0.25) is 4.79 Å². The van der Waals surface area contributed by atoms with Crippen molar-refractivity contribution in [2.75, 3.05) is 13.2 Å². The number of nitrogens with zero attached hydrogens (tertiary/aromatic N) is 1. The molecule has 0 radical (unpaired) electrons. The molecule has 7 nitrogen and oxygen atoms in total. The molecule has 1 aliphatic heterocycles. The molecule has 0 fully saturated rings. The van der Waals surface area contributed by atoms with Crippen LogP contribution in [0.15, 0.2) is 40.6 Å². The van der Waals surface area contributed by atoms with Crippen LogP contribution in [-0.2, 0) is 32.5 Å². The summed E-state index contributed by atoms with van der Waals surface area (Å²) < 4.78 is 32.1. The zero-order valence-corrected chi connectivity index (χ0v) is 17.3. The molecule has 0 bridgehead atoms. The van der Waals surface area contributed by atoms with E-state index in [-0.39, 0.29) is 29.0 Å². The summed E-state index contributed by atoms with van der Waals surface area (Å²) >= 11 is 1.68. The quantitative estimate of drug-likeness (QED) is 0.721. The number of carbonyl (C=O) groups is 2. The number of benzene rings is 1. The maximum Gasteiger partial charge on any atom is 0.338 e. The average molecular weight is 423 g/mol. The maximum absolute atomic E-state index is 12.4. The number of esters is 1. The Kier molecular flexibility index (Phi) is 6.17. The smallest absolute Gasteiger partial charge is 0.338 e. The van der Waals surface area contributed by atoms with Crippen molar-refractivity contribution in [3.8, 4) is 0 Å². The highest BCUT2D eigenvalue weighted by molar-refractivity contribution is 7.89. The van der Waals surface area contributed by atoms with Gasteiger partial charge in [0.05, 0.1) is 10.5 Å². The Balaban J connectivity index is 1.61. The van der Waals surface area contributed by atoms with Crippen molar-refractivity contribution in [2.24, 2.45) is 0 Å². The van der Waals surface area contributed by atoms with Crippen molar-refractivity contribution in [2.45, 2.75) is 37.8 Å². The Hall–Kier alpha value is -2.23. The van der Waals surface area contributed by atoms with Crippen LogP contribution >= 0.6 is 11.3 Å². The largest absolute Gasteiger partial charge is 0.452 e. The first-order chi connectivity index (χ1) is 13.3. The Labute approximate surface area is 168 Å². The molecule has 1 amide bonds. The van der Waals surface area contributed by atoms with E-state index in [1.165, 1.54) is 29.1 Å². The minimum atomic E-state index is -3.72. The number of nitrogens with one attached hydrogen (secondary N) is 1. The third-order valence-electron chi connectivity index (χ3n) is 4.26. The van der Waals surface area contributed by atoms with Crippen LogP contribution in [0.25, 0.3) is 0 Å². The molecule has 9 heteroatoms. The Bertz CT molecular complexity index is 982.